The van der Waals surface area contributed by atoms with E-state index in [1.165, 1.54) is 18.2 Å². The van der Waals surface area contributed by atoms with E-state index < -0.39 is 11.6 Å². The van der Waals surface area contributed by atoms with Gasteiger partial charge in [-0.3, -0.25) is 4.79 Å². The lowest BCUT2D eigenvalue weighted by atomic mass is 9.74. The number of aromatic amines is 1. The summed E-state index contributed by atoms with van der Waals surface area (Å²) in [5.41, 5.74) is 2.42. The third kappa shape index (κ3) is 3.87. The van der Waals surface area contributed by atoms with Crippen LogP contribution in [0.4, 0.5) is 13.2 Å². The number of fused-ring (bicyclic) bond motifs is 1. The zero-order valence-electron chi connectivity index (χ0n) is 16.0. The Morgan fingerprint density at radius 2 is 1.83 bits per heavy atom. The predicted molar refractivity (Wildman–Crippen MR) is 106 cm³/mol. The predicted octanol–water partition coefficient (Wildman–Crippen LogP) is 4.22. The lowest BCUT2D eigenvalue weighted by Gasteiger charge is -2.36. The van der Waals surface area contributed by atoms with E-state index in [1.807, 2.05) is 0 Å². The zero-order chi connectivity index (χ0) is 20.5. The van der Waals surface area contributed by atoms with Crippen molar-refractivity contribution in [2.45, 2.75) is 31.2 Å². The third-order valence-corrected chi connectivity index (χ3v) is 5.51. The fourth-order valence-electron chi connectivity index (χ4n) is 4.02. The minimum Gasteiger partial charge on any atom is -0.353 e. The van der Waals surface area contributed by atoms with Crippen molar-refractivity contribution in [3.8, 4) is 11.3 Å². The number of carbonyl (C=O) groups excluding carboxylic acids is 1. The van der Waals surface area contributed by atoms with Crippen LogP contribution in [0.15, 0.2) is 36.4 Å². The van der Waals surface area contributed by atoms with Gasteiger partial charge >= 0.3 is 0 Å². The van der Waals surface area contributed by atoms with E-state index in [4.69, 9.17) is 0 Å². The van der Waals surface area contributed by atoms with Gasteiger partial charge in [0.15, 0.2) is 0 Å². The largest absolute Gasteiger partial charge is 0.353 e. The molecular weight excluding hydrogens is 379 g/mol. The molecule has 0 saturated heterocycles. The molecule has 3 N–H and O–H groups in total. The molecule has 4 rings (SSSR count). The minimum atomic E-state index is -0.661. The number of H-pyrrole nitrogens is 1. The van der Waals surface area contributed by atoms with E-state index in [-0.39, 0.29) is 29.2 Å². The molecule has 0 atom stereocenters. The van der Waals surface area contributed by atoms with E-state index in [0.717, 1.165) is 11.6 Å². The number of hydrogen-bond donors (Lipinski definition) is 3. The average molecular weight is 401 g/mol. The molecule has 152 valence electrons. The van der Waals surface area contributed by atoms with Gasteiger partial charge in [-0.1, -0.05) is 0 Å². The fourth-order valence-corrected chi connectivity index (χ4v) is 4.02. The van der Waals surface area contributed by atoms with Gasteiger partial charge in [-0.2, -0.15) is 0 Å². The van der Waals surface area contributed by atoms with E-state index >= 15 is 0 Å². The van der Waals surface area contributed by atoms with Gasteiger partial charge in [0, 0.05) is 30.5 Å². The number of nitrogens with one attached hydrogen (secondary N) is 3. The maximum absolute atomic E-state index is 14.4. The summed E-state index contributed by atoms with van der Waals surface area (Å²) < 4.78 is 41.7. The summed E-state index contributed by atoms with van der Waals surface area (Å²) in [4.78, 5) is 15.0. The summed E-state index contributed by atoms with van der Waals surface area (Å²) in [6.45, 7) is 0.609. The summed E-state index contributed by atoms with van der Waals surface area (Å²) in [5.74, 6) is -1.64. The first-order valence-corrected chi connectivity index (χ1v) is 9.66. The van der Waals surface area contributed by atoms with Gasteiger partial charge in [-0.15, -0.1) is 0 Å². The van der Waals surface area contributed by atoms with Crippen molar-refractivity contribution in [1.29, 1.82) is 0 Å². The van der Waals surface area contributed by atoms with Crippen LogP contribution < -0.4 is 10.6 Å². The maximum atomic E-state index is 14.4. The van der Waals surface area contributed by atoms with E-state index in [2.05, 4.69) is 15.6 Å². The Kier molecular flexibility index (Phi) is 5.32. The molecule has 0 unspecified atom stereocenters. The molecule has 2 aromatic carbocycles. The highest BCUT2D eigenvalue weighted by Gasteiger charge is 2.35. The second-order valence-electron chi connectivity index (χ2n) is 7.52. The number of aromatic nitrogens is 1. The number of amides is 1. The summed E-state index contributed by atoms with van der Waals surface area (Å²) in [6.07, 6.45) is 1.77. The van der Waals surface area contributed by atoms with Gasteiger partial charge in [0.25, 0.3) is 0 Å². The maximum Gasteiger partial charge on any atom is 0.221 e. The Morgan fingerprint density at radius 3 is 2.52 bits per heavy atom. The van der Waals surface area contributed by atoms with Gasteiger partial charge in [0.05, 0.1) is 11.2 Å². The van der Waals surface area contributed by atoms with Gasteiger partial charge in [-0.25, -0.2) is 13.2 Å². The highest BCUT2D eigenvalue weighted by atomic mass is 19.1. The fraction of sp³-hybridized carbons (Fsp3) is 0.318. The SMILES string of the molecule is CNCCC(=O)N[C@H]1C[C@H](c2c(-c3ccc(F)cc3)[nH]c3c(F)cc(F)cc32)C1. The van der Waals surface area contributed by atoms with Gasteiger partial charge in [-0.05, 0) is 67.3 Å². The number of halogens is 3. The smallest absolute Gasteiger partial charge is 0.221 e. The monoisotopic (exact) mass is 401 g/mol. The topological polar surface area (TPSA) is 56.9 Å². The molecule has 0 spiro atoms. The Bertz CT molecular complexity index is 1040. The molecule has 1 aliphatic rings. The molecule has 0 aliphatic heterocycles. The first kappa shape index (κ1) is 19.5. The van der Waals surface area contributed by atoms with Crippen LogP contribution in [0.25, 0.3) is 22.2 Å². The normalized spacial score (nSPS) is 18.6. The molecule has 1 aromatic heterocycles. The van der Waals surface area contributed by atoms with Crippen molar-refractivity contribution < 1.29 is 18.0 Å². The van der Waals surface area contributed by atoms with Gasteiger partial charge in [0.1, 0.15) is 17.5 Å². The van der Waals surface area contributed by atoms with E-state index in [0.29, 0.717) is 42.5 Å². The summed E-state index contributed by atoms with van der Waals surface area (Å²) in [5, 5.41) is 6.42. The number of benzene rings is 2. The molecule has 1 aliphatic carbocycles. The zero-order valence-corrected chi connectivity index (χ0v) is 16.0. The highest BCUT2D eigenvalue weighted by Crippen LogP contribution is 2.45. The van der Waals surface area contributed by atoms with Crippen LogP contribution >= 0.6 is 0 Å². The van der Waals surface area contributed by atoms with Crippen molar-refractivity contribution in [3.63, 3.8) is 0 Å². The Hall–Kier alpha value is -2.80. The Morgan fingerprint density at radius 1 is 1.10 bits per heavy atom. The summed E-state index contributed by atoms with van der Waals surface area (Å²) in [7, 11) is 1.79. The van der Waals surface area contributed by atoms with Gasteiger partial charge < -0.3 is 15.6 Å². The molecular formula is C22H22F3N3O. The Labute approximate surface area is 166 Å². The van der Waals surface area contributed by atoms with Crippen molar-refractivity contribution in [2.24, 2.45) is 0 Å². The molecule has 1 amide bonds. The molecule has 1 saturated carbocycles. The molecule has 3 aromatic rings. The van der Waals surface area contributed by atoms with Gasteiger partial charge in [0.2, 0.25) is 5.91 Å². The summed E-state index contributed by atoms with van der Waals surface area (Å²) >= 11 is 0. The van der Waals surface area contributed by atoms with Crippen LogP contribution in [0.2, 0.25) is 0 Å². The number of hydrogen-bond acceptors (Lipinski definition) is 2. The standard InChI is InChI=1S/C22H22F3N3O/c1-26-7-6-19(29)27-16-8-13(9-16)20-17-10-15(24)11-18(25)22(17)28-21(20)12-2-4-14(23)5-3-12/h2-5,10-11,13,16,26,28H,6-9H2,1H3,(H,27,29)/t13-,16-. The van der Waals surface area contributed by atoms with Crippen LogP contribution in [0.3, 0.4) is 0 Å². The molecule has 7 heteroatoms. The summed E-state index contributed by atoms with van der Waals surface area (Å²) in [6, 6.07) is 8.13. The van der Waals surface area contributed by atoms with Crippen molar-refractivity contribution in [3.05, 3.63) is 59.4 Å². The lowest BCUT2D eigenvalue weighted by Crippen LogP contribution is -2.44. The average Bonchev–Trinajstić information content (AvgIpc) is 3.02. The van der Waals surface area contributed by atoms with Crippen molar-refractivity contribution in [1.82, 2.24) is 15.6 Å². The first-order valence-electron chi connectivity index (χ1n) is 9.66. The van der Waals surface area contributed by atoms with Crippen LogP contribution in [0.1, 0.15) is 30.7 Å². The lowest BCUT2D eigenvalue weighted by molar-refractivity contribution is -0.122. The van der Waals surface area contributed by atoms with Crippen molar-refractivity contribution in [2.75, 3.05) is 13.6 Å². The highest BCUT2D eigenvalue weighted by molar-refractivity contribution is 5.92. The quantitative estimate of drug-likeness (QED) is 0.579. The number of carbonyl (C=O) groups is 1. The third-order valence-electron chi connectivity index (χ3n) is 5.51. The first-order chi connectivity index (χ1) is 14.0. The molecule has 4 nitrogen and oxygen atoms in total. The van der Waals surface area contributed by atoms with Crippen LogP contribution in [-0.2, 0) is 4.79 Å². The van der Waals surface area contributed by atoms with Crippen LogP contribution in [-0.4, -0.2) is 30.5 Å². The van der Waals surface area contributed by atoms with Crippen molar-refractivity contribution >= 4 is 16.8 Å². The molecule has 1 fully saturated rings. The molecule has 0 bridgehead atoms. The Balaban J connectivity index is 1.65. The second-order valence-corrected chi connectivity index (χ2v) is 7.52. The number of rotatable bonds is 6. The minimum absolute atomic E-state index is 0.0161. The molecule has 0 radical (unpaired) electrons. The van der Waals surface area contributed by atoms with E-state index in [1.54, 1.807) is 19.2 Å². The molecule has 29 heavy (non-hydrogen) atoms. The van der Waals surface area contributed by atoms with E-state index in [9.17, 15) is 18.0 Å². The molecule has 1 heterocycles. The van der Waals surface area contributed by atoms with Crippen LogP contribution in [0.5, 0.6) is 0 Å². The van der Waals surface area contributed by atoms with Crippen LogP contribution in [0, 0.1) is 17.5 Å². The second kappa shape index (κ2) is 7.91.